The lowest BCUT2D eigenvalue weighted by Gasteiger charge is -2.14. The highest BCUT2D eigenvalue weighted by Gasteiger charge is 2.26. The van der Waals surface area contributed by atoms with Crippen molar-refractivity contribution in [2.24, 2.45) is 0 Å². The van der Waals surface area contributed by atoms with Crippen molar-refractivity contribution in [2.75, 3.05) is 0 Å². The molecule has 0 radical (unpaired) electrons. The second-order valence-corrected chi connectivity index (χ2v) is 3.68. The Morgan fingerprint density at radius 1 is 1.40 bits per heavy atom. The third-order valence-corrected chi connectivity index (χ3v) is 1.98. The molecule has 0 aromatic heterocycles. The maximum atomic E-state index is 12.9. The average molecular weight is 239 g/mol. The molecule has 0 fully saturated rings. The summed E-state index contributed by atoms with van der Waals surface area (Å²) in [5.74, 6) is -0.855. The predicted octanol–water partition coefficient (Wildman–Crippen LogP) is 3.04. The first-order chi connectivity index (χ1) is 6.70. The van der Waals surface area contributed by atoms with Gasteiger partial charge in [-0.15, -0.1) is 5.12 Å². The summed E-state index contributed by atoms with van der Waals surface area (Å²) in [7, 11) is 1.35. The normalized spacial score (nSPS) is 14.1. The van der Waals surface area contributed by atoms with Crippen molar-refractivity contribution in [3.8, 4) is 0 Å². The minimum Gasteiger partial charge on any atom is -0.272 e. The smallest absolute Gasteiger partial charge is 0.272 e. The van der Waals surface area contributed by atoms with Crippen LogP contribution in [0.2, 0.25) is 0 Å². The van der Waals surface area contributed by atoms with Crippen molar-refractivity contribution in [1.82, 2.24) is 5.12 Å². The fourth-order valence-electron chi connectivity index (χ4n) is 0.902. The van der Waals surface area contributed by atoms with Crippen LogP contribution in [-0.4, -0.2) is 16.7 Å². The van der Waals surface area contributed by atoms with Crippen LogP contribution >= 0.6 is 9.24 Å². The Labute approximate surface area is 89.0 Å². The molecule has 0 spiro atoms. The van der Waals surface area contributed by atoms with Crippen LogP contribution in [0.4, 0.5) is 13.3 Å². The van der Waals surface area contributed by atoms with Crippen LogP contribution in [0, 0.1) is 0 Å². The number of carbonyl (C=O) groups is 1. The molecule has 0 rings (SSSR count). The molecule has 0 aromatic carbocycles. The number of hydrogen-bond donors (Lipinski definition) is 0. The van der Waals surface area contributed by atoms with Gasteiger partial charge in [0.15, 0.2) is 0 Å². The summed E-state index contributed by atoms with van der Waals surface area (Å²) in [5, 5.41) is -0.181. The van der Waals surface area contributed by atoms with E-state index in [9.17, 15) is 18.1 Å². The minimum absolute atomic E-state index is 0.181. The number of nitrogens with zero attached hydrogens (tertiary/aromatic N) is 1. The van der Waals surface area contributed by atoms with Gasteiger partial charge in [-0.2, -0.15) is 8.78 Å². The van der Waals surface area contributed by atoms with Gasteiger partial charge >= 0.3 is 0 Å². The summed E-state index contributed by atoms with van der Waals surface area (Å²) >= 11 is 0. The highest BCUT2D eigenvalue weighted by atomic mass is 31.0. The molecular formula is C9H13F3NOP. The zero-order valence-corrected chi connectivity index (χ0v) is 9.88. The number of amides is 1. The summed E-state index contributed by atoms with van der Waals surface area (Å²) in [6, 6.07) is 0. The van der Waals surface area contributed by atoms with Gasteiger partial charge < -0.3 is 0 Å². The predicted molar refractivity (Wildman–Crippen MR) is 55.8 cm³/mol. The van der Waals surface area contributed by atoms with Crippen LogP contribution in [-0.2, 0) is 4.79 Å². The molecule has 0 N–H and O–H groups in total. The van der Waals surface area contributed by atoms with E-state index in [4.69, 9.17) is 0 Å². The van der Waals surface area contributed by atoms with Crippen molar-refractivity contribution in [3.63, 3.8) is 0 Å². The third-order valence-electron chi connectivity index (χ3n) is 1.65. The molecule has 0 saturated carbocycles. The Bertz CT molecular complexity index is 307. The summed E-state index contributed by atoms with van der Waals surface area (Å²) in [5.41, 5.74) is -3.68. The molecule has 0 aliphatic carbocycles. The lowest BCUT2D eigenvalue weighted by atomic mass is 10.2. The molecule has 0 bridgehead atoms. The van der Waals surface area contributed by atoms with Crippen LogP contribution in [0.3, 0.4) is 0 Å². The number of halogens is 3. The Morgan fingerprint density at radius 3 is 2.13 bits per heavy atom. The molecule has 1 amide bonds. The Balaban J connectivity index is 4.97. The van der Waals surface area contributed by atoms with Gasteiger partial charge in [0.1, 0.15) is 0 Å². The monoisotopic (exact) mass is 239 g/mol. The van der Waals surface area contributed by atoms with Crippen LogP contribution in [0.1, 0.15) is 20.8 Å². The molecule has 15 heavy (non-hydrogen) atoms. The summed E-state index contributed by atoms with van der Waals surface area (Å²) in [4.78, 5) is 10.6. The maximum Gasteiger partial charge on any atom is 0.283 e. The lowest BCUT2D eigenvalue weighted by molar-refractivity contribution is -0.139. The van der Waals surface area contributed by atoms with E-state index < -0.39 is 11.6 Å². The van der Waals surface area contributed by atoms with Gasteiger partial charge in [-0.3, -0.25) is 4.79 Å². The first-order valence-electron chi connectivity index (χ1n) is 4.18. The fraction of sp³-hybridized carbons (Fsp3) is 0.444. The van der Waals surface area contributed by atoms with Gasteiger partial charge in [0.05, 0.1) is 5.70 Å². The van der Waals surface area contributed by atoms with Gasteiger partial charge in [0.2, 0.25) is 0 Å². The van der Waals surface area contributed by atoms with Crippen LogP contribution < -0.4 is 0 Å². The molecule has 0 saturated heterocycles. The molecule has 0 aliphatic rings. The maximum absolute atomic E-state index is 12.9. The van der Waals surface area contributed by atoms with Crippen molar-refractivity contribution < 1.29 is 18.1 Å². The summed E-state index contributed by atoms with van der Waals surface area (Å²) < 4.78 is 38.6. The molecular weight excluding hydrogens is 226 g/mol. The molecule has 0 aromatic rings. The minimum atomic E-state index is -3.13. The average Bonchev–Trinajstić information content (AvgIpc) is 2.10. The van der Waals surface area contributed by atoms with E-state index in [-0.39, 0.29) is 16.4 Å². The summed E-state index contributed by atoms with van der Waals surface area (Å²) in [6.07, 6.45) is 2.08. The van der Waals surface area contributed by atoms with Crippen molar-refractivity contribution >= 4 is 15.1 Å². The van der Waals surface area contributed by atoms with E-state index in [1.54, 1.807) is 0 Å². The van der Waals surface area contributed by atoms with E-state index in [1.807, 2.05) is 0 Å². The quantitative estimate of drug-likeness (QED) is 0.421. The van der Waals surface area contributed by atoms with Crippen LogP contribution in [0.25, 0.3) is 0 Å². The Hall–Kier alpha value is -0.830. The number of alkyl halides is 2. The number of carbonyl (C=O) groups excluding carboxylic acids is 1. The molecule has 1 unspecified atom stereocenters. The number of allylic oxidation sites excluding steroid dienone is 4. The largest absolute Gasteiger partial charge is 0.283 e. The molecule has 0 heterocycles. The second-order valence-electron chi connectivity index (χ2n) is 2.95. The topological polar surface area (TPSA) is 20.3 Å². The third kappa shape index (κ3) is 4.47. The van der Waals surface area contributed by atoms with E-state index in [0.717, 1.165) is 19.1 Å². The highest BCUT2D eigenvalue weighted by Crippen LogP contribution is 2.32. The van der Waals surface area contributed by atoms with E-state index in [2.05, 4.69) is 0 Å². The van der Waals surface area contributed by atoms with E-state index in [0.29, 0.717) is 0 Å². The fourth-order valence-corrected chi connectivity index (χ4v) is 1.15. The first kappa shape index (κ1) is 14.2. The van der Waals surface area contributed by atoms with E-state index in [1.165, 1.54) is 23.1 Å². The Kier molecular flexibility index (Phi) is 5.01. The van der Waals surface area contributed by atoms with Gasteiger partial charge in [-0.25, -0.2) is 0 Å². The lowest BCUT2D eigenvalue weighted by Crippen LogP contribution is -2.18. The second kappa shape index (κ2) is 5.31. The van der Waals surface area contributed by atoms with Gasteiger partial charge in [-0.1, -0.05) is 19.8 Å². The van der Waals surface area contributed by atoms with E-state index >= 15 is 0 Å². The SMILES string of the molecule is C/C=C(\C=C(/C)N(F)C(C)=O)C(F)(F)P. The standard InChI is InChI=1S/C9H13F3NOP/c1-4-8(9(10,11)15)5-6(2)13(12)7(3)14/h4-5H,15H2,1-3H3/b6-5+,8-4+. The first-order valence-corrected chi connectivity index (χ1v) is 4.76. The summed E-state index contributed by atoms with van der Waals surface area (Å²) in [6.45, 7) is 3.65. The van der Waals surface area contributed by atoms with Gasteiger partial charge in [-0.05, 0) is 19.9 Å². The number of hydrogen-bond acceptors (Lipinski definition) is 1. The molecule has 1 atom stereocenters. The number of rotatable bonds is 3. The molecule has 6 heteroatoms. The van der Waals surface area contributed by atoms with Crippen molar-refractivity contribution in [1.29, 1.82) is 0 Å². The van der Waals surface area contributed by atoms with Gasteiger partial charge in [0.25, 0.3) is 11.6 Å². The zero-order chi connectivity index (χ0) is 12.2. The zero-order valence-electron chi connectivity index (χ0n) is 8.72. The Morgan fingerprint density at radius 2 is 1.87 bits per heavy atom. The van der Waals surface area contributed by atoms with Crippen molar-refractivity contribution in [3.05, 3.63) is 23.4 Å². The molecule has 2 nitrogen and oxygen atoms in total. The highest BCUT2D eigenvalue weighted by molar-refractivity contribution is 7.18. The van der Waals surface area contributed by atoms with Crippen LogP contribution in [0.15, 0.2) is 23.4 Å². The van der Waals surface area contributed by atoms with Gasteiger partial charge in [0, 0.05) is 12.5 Å². The molecule has 86 valence electrons. The van der Waals surface area contributed by atoms with Crippen LogP contribution in [0.5, 0.6) is 0 Å². The molecule has 0 aliphatic heterocycles. The van der Waals surface area contributed by atoms with Crippen molar-refractivity contribution in [2.45, 2.75) is 26.4 Å².